The van der Waals surface area contributed by atoms with Gasteiger partial charge in [0.05, 0.1) is 12.9 Å². The van der Waals surface area contributed by atoms with Crippen LogP contribution in [0.3, 0.4) is 0 Å². The fraction of sp³-hybridized carbons (Fsp3) is 0.500. The van der Waals surface area contributed by atoms with E-state index in [1.807, 2.05) is 0 Å². The van der Waals surface area contributed by atoms with Crippen LogP contribution in [0.25, 0.3) is 11.2 Å². The Hall–Kier alpha value is -0.590. The molecule has 2 aromatic heterocycles. The summed E-state index contributed by atoms with van der Waals surface area (Å²) in [5, 5.41) is 28.8. The van der Waals surface area contributed by atoms with Crippen LogP contribution in [0.4, 0.5) is 0 Å². The molecule has 0 radical (unpaired) electrons. The number of nitrogens with zero attached hydrogens (tertiary/aromatic N) is 2. The zero-order valence-corrected chi connectivity index (χ0v) is 13.9. The molecule has 3 rings (SSSR count). The Morgan fingerprint density at radius 2 is 2.14 bits per heavy atom. The number of aliphatic hydroxyl groups excluding tert-OH is 3. The number of hydrogen-bond acceptors (Lipinski definition) is 7. The number of nitrogens with one attached hydrogen (secondary N) is 2. The first kappa shape index (κ1) is 16.8. The third-order valence-corrected chi connectivity index (χ3v) is 3.46. The van der Waals surface area contributed by atoms with E-state index in [0.717, 1.165) is 0 Å². The van der Waals surface area contributed by atoms with E-state index < -0.39 is 36.7 Å². The molecule has 1 saturated heterocycles. The number of rotatable bonds is 2. The summed E-state index contributed by atoms with van der Waals surface area (Å²) in [6.45, 7) is -0.433. The average Bonchev–Trinajstić information content (AvgIpc) is 2.93. The van der Waals surface area contributed by atoms with E-state index in [1.165, 1.54) is 10.9 Å². The number of aliphatic hydroxyl groups is 3. The predicted octanol–water partition coefficient (Wildman–Crippen LogP) is -4.49. The van der Waals surface area contributed by atoms with E-state index in [1.54, 1.807) is 0 Å². The summed E-state index contributed by atoms with van der Waals surface area (Å²) in [5.41, 5.74) is -0.0841. The molecule has 0 saturated carbocycles. The maximum absolute atomic E-state index is 11.7. The van der Waals surface area contributed by atoms with Gasteiger partial charge in [-0.1, -0.05) is 0 Å². The van der Waals surface area contributed by atoms with Crippen molar-refractivity contribution in [2.24, 2.45) is 0 Å². The normalized spacial score (nSPS) is 28.7. The van der Waals surface area contributed by atoms with Gasteiger partial charge in [0.2, 0.25) is 0 Å². The molecule has 21 heavy (non-hydrogen) atoms. The molecule has 1 aliphatic rings. The van der Waals surface area contributed by atoms with Gasteiger partial charge >= 0.3 is 29.6 Å². The summed E-state index contributed by atoms with van der Waals surface area (Å²) in [6, 6.07) is 0. The Balaban J connectivity index is 0.00000121. The second kappa shape index (κ2) is 6.26. The van der Waals surface area contributed by atoms with Gasteiger partial charge in [0.15, 0.2) is 16.5 Å². The zero-order chi connectivity index (χ0) is 14.4. The van der Waals surface area contributed by atoms with Crippen molar-refractivity contribution in [3.05, 3.63) is 21.5 Å². The first-order valence-corrected chi connectivity index (χ1v) is 6.25. The van der Waals surface area contributed by atoms with E-state index in [-0.39, 0.29) is 46.9 Å². The number of fused-ring (bicyclic) bond motifs is 1. The molecule has 0 amide bonds. The first-order chi connectivity index (χ1) is 9.52. The van der Waals surface area contributed by atoms with Crippen LogP contribution in [0.1, 0.15) is 7.65 Å². The third kappa shape index (κ3) is 2.73. The number of hydrogen-bond donors (Lipinski definition) is 5. The SMILES string of the molecule is O=c1[nH]c(=S)[nH]c2c1ncn2[C@@H]1O[C@H](CO)C(O)C1O.[H-].[Na+]. The molecule has 110 valence electrons. The van der Waals surface area contributed by atoms with Gasteiger partial charge in [0, 0.05) is 0 Å². The number of H-pyrrole nitrogens is 2. The zero-order valence-electron chi connectivity index (χ0n) is 12.1. The molecule has 0 aromatic carbocycles. The largest absolute Gasteiger partial charge is 1.00 e. The molecule has 1 aliphatic heterocycles. The number of imidazole rings is 1. The Morgan fingerprint density at radius 3 is 2.76 bits per heavy atom. The van der Waals surface area contributed by atoms with Crippen molar-refractivity contribution in [3.63, 3.8) is 0 Å². The van der Waals surface area contributed by atoms with Crippen LogP contribution in [0.15, 0.2) is 11.1 Å². The van der Waals surface area contributed by atoms with Crippen LogP contribution in [-0.2, 0) is 4.74 Å². The summed E-state index contributed by atoms with van der Waals surface area (Å²) >= 11 is 4.88. The third-order valence-electron chi connectivity index (χ3n) is 3.26. The van der Waals surface area contributed by atoms with Crippen molar-refractivity contribution in [2.75, 3.05) is 6.61 Å². The summed E-state index contributed by atoms with van der Waals surface area (Å²) in [5.74, 6) is 0. The first-order valence-electron chi connectivity index (χ1n) is 5.84. The van der Waals surface area contributed by atoms with Crippen molar-refractivity contribution in [1.29, 1.82) is 0 Å². The molecule has 0 spiro atoms. The molecule has 2 unspecified atom stereocenters. The summed E-state index contributed by atoms with van der Waals surface area (Å²) in [7, 11) is 0. The van der Waals surface area contributed by atoms with Gasteiger partial charge in [0.25, 0.3) is 5.56 Å². The van der Waals surface area contributed by atoms with Crippen LogP contribution in [0.2, 0.25) is 0 Å². The summed E-state index contributed by atoms with van der Waals surface area (Å²) in [6.07, 6.45) is -3.07. The van der Waals surface area contributed by atoms with Crippen LogP contribution < -0.4 is 35.1 Å². The van der Waals surface area contributed by atoms with Crippen LogP contribution in [0, 0.1) is 4.77 Å². The molecule has 0 bridgehead atoms. The van der Waals surface area contributed by atoms with Crippen molar-refractivity contribution in [3.8, 4) is 0 Å². The van der Waals surface area contributed by atoms with E-state index in [2.05, 4.69) is 15.0 Å². The second-order valence-corrected chi connectivity index (χ2v) is 4.89. The summed E-state index contributed by atoms with van der Waals surface area (Å²) in [4.78, 5) is 20.7. The Labute approximate surface area is 146 Å². The van der Waals surface area contributed by atoms with E-state index >= 15 is 0 Å². The van der Waals surface area contributed by atoms with E-state index in [4.69, 9.17) is 22.1 Å². The minimum absolute atomic E-state index is 0. The van der Waals surface area contributed by atoms with Gasteiger partial charge in [-0.3, -0.25) is 14.3 Å². The Kier molecular flexibility index (Phi) is 5.00. The number of aromatic nitrogens is 4. The standard InChI is InChI=1S/C10H12N4O5S.Na.H/c15-1-3-5(16)6(17)9(19-3)14-2-11-4-7(14)12-10(20)13-8(4)18;;/h2-3,5-6,9,15-17H,1H2,(H2,12,13,18,20);;/q;+1;-1/t3-,5?,6?,9-;;/m1../s1. The van der Waals surface area contributed by atoms with Gasteiger partial charge in [-0.2, -0.15) is 0 Å². The van der Waals surface area contributed by atoms with Crippen LogP contribution in [-0.4, -0.2) is 59.8 Å². The smallest absolute Gasteiger partial charge is 1.00 e. The number of ether oxygens (including phenoxy) is 1. The molecule has 4 atom stereocenters. The van der Waals surface area contributed by atoms with Gasteiger partial charge in [0.1, 0.15) is 24.0 Å². The maximum Gasteiger partial charge on any atom is 1.00 e. The predicted molar refractivity (Wildman–Crippen MR) is 69.7 cm³/mol. The molecule has 2 aromatic rings. The maximum atomic E-state index is 11.7. The fourth-order valence-corrected chi connectivity index (χ4v) is 2.44. The molecule has 11 heteroatoms. The Morgan fingerprint density at radius 1 is 1.43 bits per heavy atom. The molecule has 5 N–H and O–H groups in total. The van der Waals surface area contributed by atoms with E-state index in [9.17, 15) is 15.0 Å². The van der Waals surface area contributed by atoms with Gasteiger partial charge in [-0.25, -0.2) is 4.98 Å². The van der Waals surface area contributed by atoms with Crippen molar-refractivity contribution in [2.45, 2.75) is 24.5 Å². The van der Waals surface area contributed by atoms with E-state index in [0.29, 0.717) is 0 Å². The minimum atomic E-state index is -1.26. The number of aromatic amines is 2. The Bertz CT molecular complexity index is 764. The summed E-state index contributed by atoms with van der Waals surface area (Å²) < 4.78 is 6.85. The average molecular weight is 324 g/mol. The van der Waals surface area contributed by atoms with Gasteiger partial charge < -0.3 is 26.5 Å². The molecule has 3 heterocycles. The van der Waals surface area contributed by atoms with Gasteiger partial charge in [-0.05, 0) is 12.2 Å². The molecule has 9 nitrogen and oxygen atoms in total. The molecule has 1 fully saturated rings. The van der Waals surface area contributed by atoms with Crippen LogP contribution in [0.5, 0.6) is 0 Å². The van der Waals surface area contributed by atoms with Crippen molar-refractivity contribution < 1.29 is 51.0 Å². The monoisotopic (exact) mass is 324 g/mol. The fourth-order valence-electron chi connectivity index (χ4n) is 2.25. The van der Waals surface area contributed by atoms with Crippen molar-refractivity contribution >= 4 is 23.4 Å². The quantitative estimate of drug-likeness (QED) is 0.277. The topological polar surface area (TPSA) is 136 Å². The van der Waals surface area contributed by atoms with Crippen molar-refractivity contribution in [1.82, 2.24) is 19.5 Å². The molecule has 0 aliphatic carbocycles. The minimum Gasteiger partial charge on any atom is -1.00 e. The van der Waals surface area contributed by atoms with Crippen LogP contribution >= 0.6 is 12.2 Å². The molecular weight excluding hydrogens is 311 g/mol. The van der Waals surface area contributed by atoms with Gasteiger partial charge in [-0.15, -0.1) is 0 Å². The second-order valence-electron chi connectivity index (χ2n) is 4.49. The molecular formula is C10H13N4NaO5S.